The Labute approximate surface area is 122 Å². The van der Waals surface area contributed by atoms with Gasteiger partial charge in [-0.15, -0.1) is 0 Å². The molecule has 6 nitrogen and oxygen atoms in total. The molecule has 1 rings (SSSR count). The summed E-state index contributed by atoms with van der Waals surface area (Å²) in [5.74, 6) is 0.424. The van der Waals surface area contributed by atoms with E-state index in [0.717, 1.165) is 13.0 Å². The highest BCUT2D eigenvalue weighted by Gasteiger charge is 2.23. The molecular formula is C11H20BrN3O3S. The van der Waals surface area contributed by atoms with Crippen molar-refractivity contribution in [2.75, 3.05) is 20.6 Å². The van der Waals surface area contributed by atoms with Crippen LogP contribution in [-0.2, 0) is 16.6 Å². The minimum atomic E-state index is -3.59. The summed E-state index contributed by atoms with van der Waals surface area (Å²) in [5.41, 5.74) is 5.42. The van der Waals surface area contributed by atoms with Crippen molar-refractivity contribution in [1.29, 1.82) is 0 Å². The SMILES string of the molecule is CC(CCN(C)C)NS(=O)(=O)c1cc(CN)oc1Br. The average Bonchev–Trinajstić information content (AvgIpc) is 2.68. The first-order valence-electron chi connectivity index (χ1n) is 5.91. The minimum Gasteiger partial charge on any atom is -0.452 e. The number of sulfonamides is 1. The Kier molecular flexibility index (Phi) is 6.00. The van der Waals surface area contributed by atoms with Crippen molar-refractivity contribution in [3.63, 3.8) is 0 Å². The fraction of sp³-hybridized carbons (Fsp3) is 0.636. The fourth-order valence-electron chi connectivity index (χ4n) is 1.52. The molecule has 0 spiro atoms. The van der Waals surface area contributed by atoms with Crippen LogP contribution in [0.15, 0.2) is 20.0 Å². The summed E-state index contributed by atoms with van der Waals surface area (Å²) < 4.78 is 32.4. The third-order valence-electron chi connectivity index (χ3n) is 2.56. The number of halogens is 1. The van der Waals surface area contributed by atoms with E-state index in [9.17, 15) is 8.42 Å². The zero-order valence-electron chi connectivity index (χ0n) is 11.3. The maximum Gasteiger partial charge on any atom is 0.245 e. The molecule has 0 fully saturated rings. The van der Waals surface area contributed by atoms with Crippen LogP contribution in [0, 0.1) is 0 Å². The lowest BCUT2D eigenvalue weighted by molar-refractivity contribution is 0.379. The Morgan fingerprint density at radius 2 is 2.16 bits per heavy atom. The van der Waals surface area contributed by atoms with Crippen LogP contribution >= 0.6 is 15.9 Å². The normalized spacial score (nSPS) is 14.0. The summed E-state index contributed by atoms with van der Waals surface area (Å²) in [6.45, 7) is 2.80. The first kappa shape index (κ1) is 16.6. The predicted molar refractivity (Wildman–Crippen MR) is 77.3 cm³/mol. The minimum absolute atomic E-state index is 0.0876. The zero-order valence-corrected chi connectivity index (χ0v) is 13.7. The quantitative estimate of drug-likeness (QED) is 0.766. The molecule has 1 heterocycles. The van der Waals surface area contributed by atoms with Gasteiger partial charge in [0.2, 0.25) is 10.0 Å². The monoisotopic (exact) mass is 353 g/mol. The van der Waals surface area contributed by atoms with Gasteiger partial charge in [0, 0.05) is 12.1 Å². The summed E-state index contributed by atoms with van der Waals surface area (Å²) in [6.07, 6.45) is 0.728. The molecule has 1 aromatic heterocycles. The standard InChI is InChI=1S/C11H20BrN3O3S/c1-8(4-5-15(2)3)14-19(16,17)10-6-9(7-13)18-11(10)12/h6,8,14H,4-5,7,13H2,1-3H3. The van der Waals surface area contributed by atoms with Crippen LogP contribution in [0.3, 0.4) is 0 Å². The van der Waals surface area contributed by atoms with E-state index in [0.29, 0.717) is 5.76 Å². The van der Waals surface area contributed by atoms with Crippen LogP contribution in [0.4, 0.5) is 0 Å². The van der Waals surface area contributed by atoms with Gasteiger partial charge in [-0.3, -0.25) is 0 Å². The van der Waals surface area contributed by atoms with Crippen molar-refractivity contribution in [2.45, 2.75) is 30.8 Å². The lowest BCUT2D eigenvalue weighted by atomic mass is 10.2. The second-order valence-electron chi connectivity index (χ2n) is 4.67. The van der Waals surface area contributed by atoms with Crippen LogP contribution in [0.5, 0.6) is 0 Å². The topological polar surface area (TPSA) is 88.6 Å². The van der Waals surface area contributed by atoms with Gasteiger partial charge in [-0.2, -0.15) is 0 Å². The largest absolute Gasteiger partial charge is 0.452 e. The molecule has 0 aliphatic carbocycles. The van der Waals surface area contributed by atoms with E-state index in [4.69, 9.17) is 10.2 Å². The fourth-order valence-corrected chi connectivity index (χ4v) is 3.80. The van der Waals surface area contributed by atoms with Gasteiger partial charge in [-0.25, -0.2) is 13.1 Å². The average molecular weight is 354 g/mol. The summed E-state index contributed by atoms with van der Waals surface area (Å²) in [6, 6.07) is 1.28. The van der Waals surface area contributed by atoms with Crippen molar-refractivity contribution >= 4 is 26.0 Å². The summed E-state index contributed by atoms with van der Waals surface area (Å²) in [5, 5.41) is 0. The van der Waals surface area contributed by atoms with Gasteiger partial charge in [0.05, 0.1) is 6.54 Å². The molecule has 0 saturated heterocycles. The Morgan fingerprint density at radius 1 is 1.53 bits per heavy atom. The van der Waals surface area contributed by atoms with Gasteiger partial charge >= 0.3 is 0 Å². The summed E-state index contributed by atoms with van der Waals surface area (Å²) >= 11 is 3.10. The lowest BCUT2D eigenvalue weighted by Crippen LogP contribution is -2.34. The number of nitrogens with one attached hydrogen (secondary N) is 1. The third-order valence-corrected chi connectivity index (χ3v) is 5.01. The predicted octanol–water partition coefficient (Wildman–Crippen LogP) is 1.12. The van der Waals surface area contributed by atoms with Gasteiger partial charge in [-0.05, 0) is 49.9 Å². The molecule has 1 atom stereocenters. The van der Waals surface area contributed by atoms with Gasteiger partial charge in [-0.1, -0.05) is 0 Å². The second kappa shape index (κ2) is 6.85. The van der Waals surface area contributed by atoms with E-state index in [2.05, 4.69) is 20.7 Å². The molecule has 1 unspecified atom stereocenters. The van der Waals surface area contributed by atoms with Crippen molar-refractivity contribution in [1.82, 2.24) is 9.62 Å². The van der Waals surface area contributed by atoms with Gasteiger partial charge < -0.3 is 15.1 Å². The molecule has 0 saturated carbocycles. The maximum atomic E-state index is 12.2. The third kappa shape index (κ3) is 4.88. The smallest absolute Gasteiger partial charge is 0.245 e. The van der Waals surface area contributed by atoms with Crippen LogP contribution in [0.1, 0.15) is 19.1 Å². The van der Waals surface area contributed by atoms with Crippen molar-refractivity contribution in [3.05, 3.63) is 16.5 Å². The van der Waals surface area contributed by atoms with Crippen molar-refractivity contribution < 1.29 is 12.8 Å². The number of rotatable bonds is 7. The van der Waals surface area contributed by atoms with Gasteiger partial charge in [0.25, 0.3) is 0 Å². The van der Waals surface area contributed by atoms with E-state index >= 15 is 0 Å². The van der Waals surface area contributed by atoms with Crippen LogP contribution in [0.25, 0.3) is 0 Å². The maximum absolute atomic E-state index is 12.2. The Hall–Kier alpha value is -0.410. The molecule has 0 radical (unpaired) electrons. The molecule has 1 aromatic rings. The number of nitrogens with two attached hydrogens (primary N) is 1. The molecule has 110 valence electrons. The molecule has 0 aliphatic rings. The highest BCUT2D eigenvalue weighted by molar-refractivity contribution is 9.10. The Bertz CT molecular complexity index is 513. The van der Waals surface area contributed by atoms with E-state index in [1.54, 1.807) is 0 Å². The van der Waals surface area contributed by atoms with Crippen molar-refractivity contribution in [3.8, 4) is 0 Å². The van der Waals surface area contributed by atoms with E-state index < -0.39 is 10.0 Å². The lowest BCUT2D eigenvalue weighted by Gasteiger charge is -2.16. The first-order chi connectivity index (χ1) is 8.76. The first-order valence-corrected chi connectivity index (χ1v) is 8.19. The Morgan fingerprint density at radius 3 is 2.63 bits per heavy atom. The Balaban J connectivity index is 2.77. The number of hydrogen-bond acceptors (Lipinski definition) is 5. The van der Waals surface area contributed by atoms with Crippen LogP contribution < -0.4 is 10.5 Å². The molecule has 3 N–H and O–H groups in total. The van der Waals surface area contributed by atoms with Gasteiger partial charge in [0.1, 0.15) is 10.7 Å². The van der Waals surface area contributed by atoms with E-state index in [-0.39, 0.29) is 22.2 Å². The molecule has 0 aliphatic heterocycles. The number of furan rings is 1. The second-order valence-corrected chi connectivity index (χ2v) is 7.07. The summed E-state index contributed by atoms with van der Waals surface area (Å²) in [4.78, 5) is 2.09. The van der Waals surface area contributed by atoms with E-state index in [1.165, 1.54) is 6.07 Å². The molecule has 0 aromatic carbocycles. The van der Waals surface area contributed by atoms with Crippen LogP contribution in [-0.4, -0.2) is 40.0 Å². The zero-order chi connectivity index (χ0) is 14.6. The molecule has 0 bridgehead atoms. The summed E-state index contributed by atoms with van der Waals surface area (Å²) in [7, 11) is 0.300. The van der Waals surface area contributed by atoms with Crippen molar-refractivity contribution in [2.24, 2.45) is 5.73 Å². The highest BCUT2D eigenvalue weighted by Crippen LogP contribution is 2.26. The number of nitrogens with zero attached hydrogens (tertiary/aromatic N) is 1. The van der Waals surface area contributed by atoms with Crippen LogP contribution in [0.2, 0.25) is 0 Å². The molecular weight excluding hydrogens is 334 g/mol. The molecule has 19 heavy (non-hydrogen) atoms. The van der Waals surface area contributed by atoms with Gasteiger partial charge in [0.15, 0.2) is 4.67 Å². The molecule has 8 heteroatoms. The molecule has 0 amide bonds. The van der Waals surface area contributed by atoms with E-state index in [1.807, 2.05) is 25.9 Å². The highest BCUT2D eigenvalue weighted by atomic mass is 79.9. The number of hydrogen-bond donors (Lipinski definition) is 2.